The van der Waals surface area contributed by atoms with Crippen LogP contribution >= 0.6 is 0 Å². The smallest absolute Gasteiger partial charge is 0.225 e. The number of rotatable bonds is 9. The molecule has 1 aliphatic heterocycles. The summed E-state index contributed by atoms with van der Waals surface area (Å²) in [4.78, 5) is 27.2. The van der Waals surface area contributed by atoms with Crippen LogP contribution in [0.2, 0.25) is 0 Å². The number of carbonyl (C=O) groups is 1. The first-order valence-electron chi connectivity index (χ1n) is 13.2. The van der Waals surface area contributed by atoms with Crippen molar-refractivity contribution >= 4 is 11.7 Å². The van der Waals surface area contributed by atoms with Crippen molar-refractivity contribution in [1.29, 1.82) is 0 Å². The number of piperazine rings is 1. The molecule has 1 atom stereocenters. The maximum atomic E-state index is 14.0. The van der Waals surface area contributed by atoms with Crippen LogP contribution in [-0.4, -0.2) is 47.0 Å². The van der Waals surface area contributed by atoms with Crippen LogP contribution < -0.4 is 4.90 Å². The summed E-state index contributed by atoms with van der Waals surface area (Å²) in [5.74, 6) is 1.52. The number of carbonyl (C=O) groups excluding carboxylic acids is 1. The maximum absolute atomic E-state index is 14.0. The topological polar surface area (TPSA) is 49.3 Å². The van der Waals surface area contributed by atoms with Crippen LogP contribution in [0.1, 0.15) is 56.4 Å². The molecule has 0 saturated carbocycles. The summed E-state index contributed by atoms with van der Waals surface area (Å²) in [6, 6.07) is 16.8. The average molecular weight is 489 g/mol. The fraction of sp³-hybridized carbons (Fsp3) is 0.433. The van der Waals surface area contributed by atoms with Crippen LogP contribution in [0.25, 0.3) is 11.4 Å². The maximum Gasteiger partial charge on any atom is 0.225 e. The first kappa shape index (κ1) is 25.8. The molecule has 1 aliphatic rings. The molecule has 0 radical (unpaired) electrons. The van der Waals surface area contributed by atoms with Gasteiger partial charge in [-0.2, -0.15) is 0 Å². The van der Waals surface area contributed by atoms with Gasteiger partial charge in [-0.05, 0) is 37.5 Å². The predicted octanol–water partition coefficient (Wildman–Crippen LogP) is 6.05. The van der Waals surface area contributed by atoms with E-state index in [1.165, 1.54) is 17.7 Å². The Kier molecular flexibility index (Phi) is 8.68. The normalized spacial score (nSPS) is 14.7. The van der Waals surface area contributed by atoms with E-state index in [0.29, 0.717) is 24.5 Å². The Bertz CT molecular complexity index is 1160. The zero-order valence-corrected chi connectivity index (χ0v) is 21.7. The summed E-state index contributed by atoms with van der Waals surface area (Å²) in [5.41, 5.74) is 3.84. The van der Waals surface area contributed by atoms with Crippen LogP contribution in [0, 0.1) is 18.7 Å². The van der Waals surface area contributed by atoms with E-state index in [2.05, 4.69) is 30.9 Å². The molecule has 190 valence electrons. The highest BCUT2D eigenvalue weighted by Gasteiger charge is 2.28. The van der Waals surface area contributed by atoms with E-state index in [0.717, 1.165) is 62.3 Å². The molecule has 1 amide bonds. The molecule has 2 heterocycles. The molecule has 0 aliphatic carbocycles. The molecule has 0 N–H and O–H groups in total. The Labute approximate surface area is 214 Å². The number of hydrogen-bond donors (Lipinski definition) is 0. The highest BCUT2D eigenvalue weighted by atomic mass is 19.1. The van der Waals surface area contributed by atoms with Gasteiger partial charge in [-0.15, -0.1) is 0 Å². The number of benzene rings is 2. The highest BCUT2D eigenvalue weighted by molar-refractivity contribution is 5.79. The summed E-state index contributed by atoms with van der Waals surface area (Å²) in [7, 11) is 0. The number of amides is 1. The van der Waals surface area contributed by atoms with Crippen LogP contribution in [0.3, 0.4) is 0 Å². The largest absolute Gasteiger partial charge is 0.353 e. The van der Waals surface area contributed by atoms with Crippen molar-refractivity contribution in [3.05, 3.63) is 77.2 Å². The molecule has 36 heavy (non-hydrogen) atoms. The molecule has 3 aromatic rings. The second-order valence-corrected chi connectivity index (χ2v) is 9.67. The van der Waals surface area contributed by atoms with Gasteiger partial charge in [0.2, 0.25) is 5.91 Å². The van der Waals surface area contributed by atoms with Gasteiger partial charge >= 0.3 is 0 Å². The number of hydrogen-bond acceptors (Lipinski definition) is 4. The molecule has 6 heteroatoms. The molecule has 4 rings (SSSR count). The zero-order valence-electron chi connectivity index (χ0n) is 21.7. The van der Waals surface area contributed by atoms with E-state index < -0.39 is 0 Å². The number of anilines is 1. The molecule has 2 aromatic carbocycles. The zero-order chi connectivity index (χ0) is 25.5. The first-order valence-corrected chi connectivity index (χ1v) is 13.2. The summed E-state index contributed by atoms with van der Waals surface area (Å²) < 4.78 is 14.0. The molecular formula is C30H37FN4O. The van der Waals surface area contributed by atoms with Crippen molar-refractivity contribution in [3.63, 3.8) is 0 Å². The molecule has 0 unspecified atom stereocenters. The second kappa shape index (κ2) is 12.1. The molecule has 1 aromatic heterocycles. The third-order valence-corrected chi connectivity index (χ3v) is 7.14. The third-order valence-electron chi connectivity index (χ3n) is 7.14. The lowest BCUT2D eigenvalue weighted by Crippen LogP contribution is -2.51. The fourth-order valence-electron chi connectivity index (χ4n) is 4.96. The van der Waals surface area contributed by atoms with Crippen molar-refractivity contribution in [3.8, 4) is 11.4 Å². The van der Waals surface area contributed by atoms with E-state index in [1.54, 1.807) is 6.07 Å². The number of unbranched alkanes of at least 4 members (excludes halogenated alkanes) is 1. The van der Waals surface area contributed by atoms with E-state index in [-0.39, 0.29) is 17.6 Å². The number of aromatic nitrogens is 2. The van der Waals surface area contributed by atoms with Gasteiger partial charge in [-0.3, -0.25) is 4.79 Å². The fourth-order valence-corrected chi connectivity index (χ4v) is 4.96. The Hall–Kier alpha value is -3.28. The van der Waals surface area contributed by atoms with Crippen molar-refractivity contribution in [1.82, 2.24) is 14.9 Å². The Balaban J connectivity index is 1.61. The van der Waals surface area contributed by atoms with E-state index >= 15 is 0 Å². The Morgan fingerprint density at radius 2 is 1.75 bits per heavy atom. The first-order chi connectivity index (χ1) is 17.5. The lowest BCUT2D eigenvalue weighted by atomic mass is 9.97. The van der Waals surface area contributed by atoms with Gasteiger partial charge in [0.15, 0.2) is 5.82 Å². The van der Waals surface area contributed by atoms with Gasteiger partial charge in [-0.1, -0.05) is 69.2 Å². The van der Waals surface area contributed by atoms with Crippen molar-refractivity contribution in [2.24, 2.45) is 5.92 Å². The SMILES string of the molecule is CCCC[C@@H](CC)C(=O)N1CCN(c2nc(-c3cccc(F)c3)nc(C)c2Cc2ccccc2)CC1. The van der Waals surface area contributed by atoms with Gasteiger partial charge in [0.05, 0.1) is 0 Å². The lowest BCUT2D eigenvalue weighted by Gasteiger charge is -2.38. The van der Waals surface area contributed by atoms with Crippen LogP contribution in [-0.2, 0) is 11.2 Å². The van der Waals surface area contributed by atoms with Gasteiger partial charge in [0.1, 0.15) is 11.6 Å². The summed E-state index contributed by atoms with van der Waals surface area (Å²) >= 11 is 0. The Morgan fingerprint density at radius 3 is 2.42 bits per heavy atom. The minimum absolute atomic E-state index is 0.117. The highest BCUT2D eigenvalue weighted by Crippen LogP contribution is 2.29. The minimum atomic E-state index is -0.302. The molecule has 5 nitrogen and oxygen atoms in total. The average Bonchev–Trinajstić information content (AvgIpc) is 2.90. The monoisotopic (exact) mass is 488 g/mol. The molecule has 1 fully saturated rings. The quantitative estimate of drug-likeness (QED) is 0.368. The van der Waals surface area contributed by atoms with Crippen LogP contribution in [0.4, 0.5) is 10.2 Å². The predicted molar refractivity (Wildman–Crippen MR) is 144 cm³/mol. The third kappa shape index (κ3) is 6.10. The number of halogens is 1. The van der Waals surface area contributed by atoms with Crippen molar-refractivity contribution in [2.75, 3.05) is 31.1 Å². The molecule has 0 bridgehead atoms. The molecular weight excluding hydrogens is 451 g/mol. The van der Waals surface area contributed by atoms with E-state index in [9.17, 15) is 9.18 Å². The lowest BCUT2D eigenvalue weighted by molar-refractivity contribution is -0.136. The molecule has 1 saturated heterocycles. The second-order valence-electron chi connectivity index (χ2n) is 9.67. The van der Waals surface area contributed by atoms with Gasteiger partial charge in [-0.25, -0.2) is 14.4 Å². The standard InChI is InChI=1S/C30H37FN4O/c1-4-6-13-24(5-2)30(36)35-18-16-34(17-19-35)29-27(20-23-11-8-7-9-12-23)22(3)32-28(33-29)25-14-10-15-26(31)21-25/h7-12,14-15,21,24H,4-6,13,16-20H2,1-3H3/t24-/m1/s1. The van der Waals surface area contributed by atoms with Gasteiger partial charge < -0.3 is 9.80 Å². The number of aryl methyl sites for hydroxylation is 1. The summed E-state index contributed by atoms with van der Waals surface area (Å²) in [6.45, 7) is 9.10. The van der Waals surface area contributed by atoms with Gasteiger partial charge in [0, 0.05) is 55.3 Å². The van der Waals surface area contributed by atoms with Crippen molar-refractivity contribution < 1.29 is 9.18 Å². The summed E-state index contributed by atoms with van der Waals surface area (Å²) in [6.07, 6.45) is 4.79. The van der Waals surface area contributed by atoms with E-state index in [4.69, 9.17) is 9.97 Å². The minimum Gasteiger partial charge on any atom is -0.353 e. The van der Waals surface area contributed by atoms with Crippen molar-refractivity contribution in [2.45, 2.75) is 52.9 Å². The number of nitrogens with zero attached hydrogens (tertiary/aromatic N) is 4. The van der Waals surface area contributed by atoms with Crippen LogP contribution in [0.15, 0.2) is 54.6 Å². The van der Waals surface area contributed by atoms with E-state index in [1.807, 2.05) is 36.1 Å². The Morgan fingerprint density at radius 1 is 1.00 bits per heavy atom. The van der Waals surface area contributed by atoms with Gasteiger partial charge in [0.25, 0.3) is 0 Å². The molecule has 0 spiro atoms. The van der Waals surface area contributed by atoms with Crippen LogP contribution in [0.5, 0.6) is 0 Å². The summed E-state index contributed by atoms with van der Waals surface area (Å²) in [5, 5.41) is 0.